The molecule has 0 aliphatic heterocycles. The third-order valence-corrected chi connectivity index (χ3v) is 5.04. The first kappa shape index (κ1) is 13.6. The predicted molar refractivity (Wildman–Crippen MR) is 62.9 cm³/mol. The molecule has 0 aliphatic carbocycles. The molecule has 7 heteroatoms. The van der Waals surface area contributed by atoms with Crippen molar-refractivity contribution in [2.24, 2.45) is 5.92 Å². The Labute approximate surface area is 99.6 Å². The van der Waals surface area contributed by atoms with Gasteiger partial charge in [-0.05, 0) is 12.8 Å². The molecule has 2 N–H and O–H groups in total. The highest BCUT2D eigenvalue weighted by atomic mass is 32.2. The summed E-state index contributed by atoms with van der Waals surface area (Å²) < 4.78 is 26.4. The summed E-state index contributed by atoms with van der Waals surface area (Å²) in [5, 5.41) is 9.77. The summed E-state index contributed by atoms with van der Waals surface area (Å²) in [6.07, 6.45) is 1.33. The van der Waals surface area contributed by atoms with E-state index < -0.39 is 16.1 Å². The van der Waals surface area contributed by atoms with Gasteiger partial charge < -0.3 is 5.11 Å². The van der Waals surface area contributed by atoms with Crippen molar-refractivity contribution in [2.45, 2.75) is 31.0 Å². The molecular weight excluding hydrogens is 248 g/mol. The van der Waals surface area contributed by atoms with Crippen molar-refractivity contribution in [1.29, 1.82) is 0 Å². The van der Waals surface area contributed by atoms with Gasteiger partial charge in [-0.25, -0.2) is 18.1 Å². The standard InChI is InChI=1S/C9H16N2O3S2/c1-6(2)8(5-12)11-16(13,14)9-4-10-7(3)15-9/h4,6,8,11-12H,5H2,1-3H3/t8-/m1/s1. The average Bonchev–Trinajstić information content (AvgIpc) is 2.61. The zero-order valence-corrected chi connectivity index (χ0v) is 11.1. The molecule has 0 saturated carbocycles. The van der Waals surface area contributed by atoms with E-state index in [1.54, 1.807) is 6.92 Å². The molecule has 0 unspecified atom stereocenters. The minimum absolute atomic E-state index is 0.0359. The Morgan fingerprint density at radius 3 is 2.56 bits per heavy atom. The van der Waals surface area contributed by atoms with E-state index in [1.165, 1.54) is 6.20 Å². The maximum absolute atomic E-state index is 11.9. The second-order valence-electron chi connectivity index (χ2n) is 3.85. The Morgan fingerprint density at radius 2 is 2.19 bits per heavy atom. The van der Waals surface area contributed by atoms with Gasteiger partial charge in [0.1, 0.15) is 0 Å². The number of aliphatic hydroxyl groups is 1. The number of aromatic nitrogens is 1. The number of sulfonamides is 1. The summed E-state index contributed by atoms with van der Waals surface area (Å²) in [6, 6.07) is -0.465. The van der Waals surface area contributed by atoms with Gasteiger partial charge in [0, 0.05) is 6.04 Å². The molecule has 1 rings (SSSR count). The number of nitrogens with zero attached hydrogens (tertiary/aromatic N) is 1. The third-order valence-electron chi connectivity index (χ3n) is 2.17. The Hall–Kier alpha value is -0.500. The molecule has 0 fully saturated rings. The second-order valence-corrected chi connectivity index (χ2v) is 7.03. The molecule has 0 aliphatic rings. The zero-order valence-electron chi connectivity index (χ0n) is 9.47. The Morgan fingerprint density at radius 1 is 1.56 bits per heavy atom. The molecule has 1 aromatic heterocycles. The van der Waals surface area contributed by atoms with Crippen LogP contribution < -0.4 is 4.72 Å². The van der Waals surface area contributed by atoms with Crippen LogP contribution in [0.4, 0.5) is 0 Å². The minimum Gasteiger partial charge on any atom is -0.395 e. The molecule has 1 aromatic rings. The maximum Gasteiger partial charge on any atom is 0.252 e. The van der Waals surface area contributed by atoms with Gasteiger partial charge in [0.05, 0.1) is 17.8 Å². The molecule has 1 atom stereocenters. The largest absolute Gasteiger partial charge is 0.395 e. The second kappa shape index (κ2) is 5.22. The fourth-order valence-corrected chi connectivity index (χ4v) is 3.61. The van der Waals surface area contributed by atoms with Gasteiger partial charge in [0.25, 0.3) is 10.0 Å². The average molecular weight is 264 g/mol. The van der Waals surface area contributed by atoms with Crippen molar-refractivity contribution < 1.29 is 13.5 Å². The first-order valence-electron chi connectivity index (χ1n) is 4.92. The van der Waals surface area contributed by atoms with Gasteiger partial charge in [0.2, 0.25) is 0 Å². The molecule has 0 radical (unpaired) electrons. The van der Waals surface area contributed by atoms with Crippen LogP contribution in [0.2, 0.25) is 0 Å². The molecule has 92 valence electrons. The van der Waals surface area contributed by atoms with Crippen LogP contribution in [0.15, 0.2) is 10.4 Å². The summed E-state index contributed by atoms with van der Waals surface area (Å²) in [7, 11) is -3.55. The van der Waals surface area contributed by atoms with Gasteiger partial charge in [-0.3, -0.25) is 0 Å². The lowest BCUT2D eigenvalue weighted by molar-refractivity contribution is 0.228. The SMILES string of the molecule is Cc1ncc(S(=O)(=O)N[C@H](CO)C(C)C)s1. The van der Waals surface area contributed by atoms with Gasteiger partial charge in [0.15, 0.2) is 4.21 Å². The van der Waals surface area contributed by atoms with Crippen molar-refractivity contribution in [3.63, 3.8) is 0 Å². The van der Waals surface area contributed by atoms with Crippen LogP contribution in [0.3, 0.4) is 0 Å². The summed E-state index contributed by atoms with van der Waals surface area (Å²) in [5.74, 6) is 0.0359. The summed E-state index contributed by atoms with van der Waals surface area (Å²) in [4.78, 5) is 3.90. The number of thiazole rings is 1. The quantitative estimate of drug-likeness (QED) is 0.822. The van der Waals surface area contributed by atoms with E-state index in [0.29, 0.717) is 5.01 Å². The lowest BCUT2D eigenvalue weighted by atomic mass is 10.1. The highest BCUT2D eigenvalue weighted by molar-refractivity contribution is 7.91. The predicted octanol–water partition coefficient (Wildman–Crippen LogP) is 0.747. The Bertz CT molecular complexity index is 439. The molecule has 1 heterocycles. The van der Waals surface area contributed by atoms with Crippen LogP contribution in [0.5, 0.6) is 0 Å². The fraction of sp³-hybridized carbons (Fsp3) is 0.667. The van der Waals surface area contributed by atoms with Gasteiger partial charge in [-0.2, -0.15) is 0 Å². The van der Waals surface area contributed by atoms with Crippen molar-refractivity contribution in [1.82, 2.24) is 9.71 Å². The van der Waals surface area contributed by atoms with Crippen LogP contribution in [0.25, 0.3) is 0 Å². The van der Waals surface area contributed by atoms with Crippen LogP contribution in [0.1, 0.15) is 18.9 Å². The minimum atomic E-state index is -3.55. The number of hydrogen-bond donors (Lipinski definition) is 2. The molecule has 5 nitrogen and oxygen atoms in total. The van der Waals surface area contributed by atoms with Crippen molar-refractivity contribution >= 4 is 21.4 Å². The number of rotatable bonds is 5. The van der Waals surface area contributed by atoms with E-state index >= 15 is 0 Å². The van der Waals surface area contributed by atoms with Crippen LogP contribution >= 0.6 is 11.3 Å². The highest BCUT2D eigenvalue weighted by Gasteiger charge is 2.23. The van der Waals surface area contributed by atoms with Gasteiger partial charge in [-0.1, -0.05) is 13.8 Å². The number of aliphatic hydroxyl groups excluding tert-OH is 1. The van der Waals surface area contributed by atoms with E-state index in [4.69, 9.17) is 5.11 Å². The lowest BCUT2D eigenvalue weighted by Crippen LogP contribution is -2.40. The first-order valence-corrected chi connectivity index (χ1v) is 7.22. The normalized spacial score (nSPS) is 14.3. The van der Waals surface area contributed by atoms with Crippen molar-refractivity contribution in [3.8, 4) is 0 Å². The first-order chi connectivity index (χ1) is 7.36. The topological polar surface area (TPSA) is 79.3 Å². The Kier molecular flexibility index (Phi) is 4.43. The van der Waals surface area contributed by atoms with Crippen LogP contribution in [-0.4, -0.2) is 31.2 Å². The monoisotopic (exact) mass is 264 g/mol. The highest BCUT2D eigenvalue weighted by Crippen LogP contribution is 2.18. The lowest BCUT2D eigenvalue weighted by Gasteiger charge is -2.18. The van der Waals surface area contributed by atoms with Crippen molar-refractivity contribution in [2.75, 3.05) is 6.61 Å². The van der Waals surface area contributed by atoms with E-state index in [2.05, 4.69) is 9.71 Å². The third kappa shape index (κ3) is 3.24. The van der Waals surface area contributed by atoms with Crippen LogP contribution in [0, 0.1) is 12.8 Å². The number of nitrogens with one attached hydrogen (secondary N) is 1. The number of aryl methyl sites for hydroxylation is 1. The maximum atomic E-state index is 11.9. The Balaban J connectivity index is 2.87. The smallest absolute Gasteiger partial charge is 0.252 e. The number of hydrogen-bond acceptors (Lipinski definition) is 5. The molecule has 0 spiro atoms. The molecule has 16 heavy (non-hydrogen) atoms. The molecule has 0 bridgehead atoms. The molecule has 0 saturated heterocycles. The summed E-state index contributed by atoms with van der Waals surface area (Å²) in [5.41, 5.74) is 0. The van der Waals surface area contributed by atoms with E-state index in [-0.39, 0.29) is 16.7 Å². The summed E-state index contributed by atoms with van der Waals surface area (Å²) >= 11 is 1.12. The van der Waals surface area contributed by atoms with E-state index in [1.807, 2.05) is 13.8 Å². The molecule has 0 aromatic carbocycles. The molecular formula is C9H16N2O3S2. The van der Waals surface area contributed by atoms with Crippen LogP contribution in [-0.2, 0) is 10.0 Å². The fourth-order valence-electron chi connectivity index (χ4n) is 1.11. The molecule has 0 amide bonds. The van der Waals surface area contributed by atoms with E-state index in [0.717, 1.165) is 11.3 Å². The van der Waals surface area contributed by atoms with Gasteiger partial charge in [-0.15, -0.1) is 11.3 Å². The zero-order chi connectivity index (χ0) is 12.3. The van der Waals surface area contributed by atoms with Gasteiger partial charge >= 0.3 is 0 Å². The van der Waals surface area contributed by atoms with E-state index in [9.17, 15) is 8.42 Å². The summed E-state index contributed by atoms with van der Waals surface area (Å²) in [6.45, 7) is 5.23. The van der Waals surface area contributed by atoms with Crippen molar-refractivity contribution in [3.05, 3.63) is 11.2 Å².